The van der Waals surface area contributed by atoms with Gasteiger partial charge in [-0.05, 0) is 111 Å². The molecule has 2 aromatic rings. The molecule has 0 spiro atoms. The Kier molecular flexibility index (Phi) is 9.23. The van der Waals surface area contributed by atoms with Crippen LogP contribution >= 0.6 is 0 Å². The highest BCUT2D eigenvalue weighted by Crippen LogP contribution is 2.33. The second-order valence-corrected chi connectivity index (χ2v) is 10.7. The summed E-state index contributed by atoms with van der Waals surface area (Å²) in [6.07, 6.45) is 8.92. The minimum absolute atomic E-state index is 0.195. The molecule has 2 aliphatic rings. The van der Waals surface area contributed by atoms with Crippen LogP contribution in [0.15, 0.2) is 16.7 Å². The lowest BCUT2D eigenvalue weighted by Gasteiger charge is -2.33. The molecule has 190 valence electrons. The molecule has 1 amide bonds. The fourth-order valence-corrected chi connectivity index (χ4v) is 4.73. The van der Waals surface area contributed by atoms with Crippen LogP contribution in [-0.2, 0) is 11.2 Å². The molecule has 7 nitrogen and oxygen atoms in total. The Bertz CT molecular complexity index is 920. The molecule has 1 saturated carbocycles. The van der Waals surface area contributed by atoms with Crippen LogP contribution in [0.4, 0.5) is 4.79 Å². The van der Waals surface area contributed by atoms with Gasteiger partial charge in [-0.3, -0.25) is 0 Å². The number of aryl methyl sites for hydroxylation is 2. The third-order valence-corrected chi connectivity index (χ3v) is 6.57. The largest absolute Gasteiger partial charge is 0.490 e. The predicted octanol–water partition coefficient (Wildman–Crippen LogP) is 5.87. The van der Waals surface area contributed by atoms with Crippen LogP contribution in [-0.4, -0.2) is 55.0 Å². The first-order chi connectivity index (χ1) is 16.2. The van der Waals surface area contributed by atoms with Gasteiger partial charge in [0.1, 0.15) is 11.4 Å². The molecule has 0 bridgehead atoms. The number of nitrogens with zero attached hydrogens (tertiary/aromatic N) is 2. The van der Waals surface area contributed by atoms with E-state index in [0.717, 1.165) is 79.6 Å². The van der Waals surface area contributed by atoms with Crippen LogP contribution < -0.4 is 10.1 Å². The number of nitrogens with one attached hydrogen (secondary N) is 1. The summed E-state index contributed by atoms with van der Waals surface area (Å²) < 4.78 is 17.4. The molecule has 0 atom stereocenters. The number of amides is 1. The van der Waals surface area contributed by atoms with Gasteiger partial charge >= 0.3 is 6.09 Å². The summed E-state index contributed by atoms with van der Waals surface area (Å²) in [6.45, 7) is 9.32. The Balaban J connectivity index is 0.00000103. The number of aromatic nitrogens is 1. The Morgan fingerprint density at radius 3 is 2.41 bits per heavy atom. The van der Waals surface area contributed by atoms with Crippen LogP contribution in [0.2, 0.25) is 0 Å². The number of carbonyl (C=O) groups is 1. The van der Waals surface area contributed by atoms with Gasteiger partial charge in [0.05, 0.1) is 11.8 Å². The first-order valence-corrected chi connectivity index (χ1v) is 12.8. The number of carbonyl (C=O) groups excluding carboxylic acids is 1. The maximum absolute atomic E-state index is 12.3. The summed E-state index contributed by atoms with van der Waals surface area (Å²) in [5.74, 6) is 1.52. The Hall–Kier alpha value is -2.28. The second-order valence-electron chi connectivity index (χ2n) is 10.7. The lowest BCUT2D eigenvalue weighted by atomic mass is 9.91. The third-order valence-electron chi connectivity index (χ3n) is 6.57. The standard InChI is InChI=1S/C25H36N2O4.C2H7N/c1-17-22(29-19-7-5-6-8-19)12-10-20-21(26-31-23(17)20)11-9-18-13-15-27(16-14-18)24(28)30-25(2,3)4;1-3-2/h10,12,18-19H,5-9,11,13-16H2,1-4H3;3H,1-2H3. The fraction of sp³-hybridized carbons (Fsp3) is 0.704. The van der Waals surface area contributed by atoms with Crippen molar-refractivity contribution < 1.29 is 18.8 Å². The second kappa shape index (κ2) is 11.9. The van der Waals surface area contributed by atoms with Crippen molar-refractivity contribution in [2.75, 3.05) is 27.2 Å². The number of piperidine rings is 1. The first-order valence-electron chi connectivity index (χ1n) is 12.8. The molecule has 2 heterocycles. The highest BCUT2D eigenvalue weighted by molar-refractivity contribution is 5.84. The topological polar surface area (TPSA) is 76.8 Å². The van der Waals surface area contributed by atoms with Gasteiger partial charge in [0.2, 0.25) is 0 Å². The van der Waals surface area contributed by atoms with Crippen LogP contribution in [0.5, 0.6) is 5.75 Å². The van der Waals surface area contributed by atoms with Gasteiger partial charge in [0.15, 0.2) is 5.58 Å². The van der Waals surface area contributed by atoms with E-state index in [1.54, 1.807) is 0 Å². The number of ether oxygens (including phenoxy) is 2. The number of hydrogen-bond acceptors (Lipinski definition) is 6. The maximum atomic E-state index is 12.3. The van der Waals surface area contributed by atoms with E-state index in [0.29, 0.717) is 12.0 Å². The molecule has 1 saturated heterocycles. The molecule has 0 radical (unpaired) electrons. The summed E-state index contributed by atoms with van der Waals surface area (Å²) in [6, 6.07) is 4.18. The van der Waals surface area contributed by atoms with E-state index in [9.17, 15) is 4.79 Å². The summed E-state index contributed by atoms with van der Waals surface area (Å²) in [7, 11) is 3.75. The van der Waals surface area contributed by atoms with Gasteiger partial charge in [-0.25, -0.2) is 4.79 Å². The zero-order chi connectivity index (χ0) is 24.7. The molecular formula is C27H43N3O4. The van der Waals surface area contributed by atoms with E-state index in [1.807, 2.05) is 39.8 Å². The molecule has 7 heteroatoms. The summed E-state index contributed by atoms with van der Waals surface area (Å²) >= 11 is 0. The molecule has 1 aliphatic carbocycles. The van der Waals surface area contributed by atoms with Crippen molar-refractivity contribution in [2.24, 2.45) is 5.92 Å². The van der Waals surface area contributed by atoms with Gasteiger partial charge in [-0.2, -0.15) is 0 Å². The third kappa shape index (κ3) is 7.11. The lowest BCUT2D eigenvalue weighted by Crippen LogP contribution is -2.41. The van der Waals surface area contributed by atoms with Crippen molar-refractivity contribution >= 4 is 17.1 Å². The Labute approximate surface area is 204 Å². The van der Waals surface area contributed by atoms with E-state index < -0.39 is 5.60 Å². The molecule has 0 unspecified atom stereocenters. The van der Waals surface area contributed by atoms with Gasteiger partial charge < -0.3 is 24.2 Å². The SMILES string of the molecule is CNC.Cc1c(OC2CCCC2)ccc2c(CCC3CCN(C(=O)OC(C)(C)C)CC3)noc12. The van der Waals surface area contributed by atoms with E-state index in [4.69, 9.17) is 14.0 Å². The van der Waals surface area contributed by atoms with Gasteiger partial charge in [0.25, 0.3) is 0 Å². The van der Waals surface area contributed by atoms with E-state index in [1.165, 1.54) is 12.8 Å². The van der Waals surface area contributed by atoms with E-state index in [-0.39, 0.29) is 6.09 Å². The summed E-state index contributed by atoms with van der Waals surface area (Å²) in [5, 5.41) is 8.23. The van der Waals surface area contributed by atoms with Crippen molar-refractivity contribution in [1.29, 1.82) is 0 Å². The van der Waals surface area contributed by atoms with Crippen molar-refractivity contribution in [1.82, 2.24) is 15.4 Å². The van der Waals surface area contributed by atoms with E-state index in [2.05, 4.69) is 29.5 Å². The van der Waals surface area contributed by atoms with Crippen molar-refractivity contribution in [3.05, 3.63) is 23.4 Å². The molecular weight excluding hydrogens is 430 g/mol. The molecule has 1 N–H and O–H groups in total. The summed E-state index contributed by atoms with van der Waals surface area (Å²) in [5.41, 5.74) is 2.49. The van der Waals surface area contributed by atoms with Crippen molar-refractivity contribution in [2.45, 2.75) is 90.8 Å². The Morgan fingerprint density at radius 2 is 1.79 bits per heavy atom. The van der Waals surface area contributed by atoms with Gasteiger partial charge in [-0.1, -0.05) is 5.16 Å². The minimum Gasteiger partial charge on any atom is -0.490 e. The van der Waals surface area contributed by atoms with Crippen molar-refractivity contribution in [3.8, 4) is 5.75 Å². The molecule has 34 heavy (non-hydrogen) atoms. The van der Waals surface area contributed by atoms with E-state index >= 15 is 0 Å². The quantitative estimate of drug-likeness (QED) is 0.585. The highest BCUT2D eigenvalue weighted by Gasteiger charge is 2.27. The predicted molar refractivity (Wildman–Crippen MR) is 135 cm³/mol. The van der Waals surface area contributed by atoms with Crippen LogP contribution in [0.25, 0.3) is 11.0 Å². The highest BCUT2D eigenvalue weighted by atomic mass is 16.6. The zero-order valence-corrected chi connectivity index (χ0v) is 21.9. The maximum Gasteiger partial charge on any atom is 0.410 e. The Morgan fingerprint density at radius 1 is 1.15 bits per heavy atom. The van der Waals surface area contributed by atoms with Crippen LogP contribution in [0.3, 0.4) is 0 Å². The average Bonchev–Trinajstić information content (AvgIpc) is 3.44. The monoisotopic (exact) mass is 473 g/mol. The number of benzene rings is 1. The van der Waals surface area contributed by atoms with Gasteiger partial charge in [0, 0.05) is 24.0 Å². The number of likely N-dealkylation sites (tertiary alicyclic amines) is 1. The smallest absolute Gasteiger partial charge is 0.410 e. The molecule has 1 aliphatic heterocycles. The molecule has 1 aromatic carbocycles. The van der Waals surface area contributed by atoms with Gasteiger partial charge in [-0.15, -0.1) is 0 Å². The first kappa shape index (κ1) is 26.3. The average molecular weight is 474 g/mol. The number of hydrogen-bond donors (Lipinski definition) is 1. The molecule has 1 aromatic heterocycles. The normalized spacial score (nSPS) is 17.5. The minimum atomic E-state index is -0.442. The number of fused-ring (bicyclic) bond motifs is 1. The lowest BCUT2D eigenvalue weighted by molar-refractivity contribution is 0.0181. The summed E-state index contributed by atoms with van der Waals surface area (Å²) in [4.78, 5) is 14.1. The molecule has 2 fully saturated rings. The van der Waals surface area contributed by atoms with Crippen LogP contribution in [0, 0.1) is 12.8 Å². The van der Waals surface area contributed by atoms with Crippen molar-refractivity contribution in [3.63, 3.8) is 0 Å². The van der Waals surface area contributed by atoms with Crippen LogP contribution in [0.1, 0.15) is 77.0 Å². The fourth-order valence-electron chi connectivity index (χ4n) is 4.73. The zero-order valence-electron chi connectivity index (χ0n) is 21.9. The number of rotatable bonds is 5. The molecule has 4 rings (SSSR count).